The predicted molar refractivity (Wildman–Crippen MR) is 131 cm³/mol. The van der Waals surface area contributed by atoms with E-state index in [0.717, 1.165) is 46.4 Å². The van der Waals surface area contributed by atoms with E-state index in [4.69, 9.17) is 11.6 Å². The summed E-state index contributed by atoms with van der Waals surface area (Å²) in [5.74, 6) is 0.518. The van der Waals surface area contributed by atoms with E-state index in [1.165, 1.54) is 17.4 Å². The number of aromatic nitrogens is 1. The van der Waals surface area contributed by atoms with Crippen LogP contribution in [0.3, 0.4) is 0 Å². The molecule has 1 heterocycles. The molecule has 2 aromatic carbocycles. The Kier molecular flexibility index (Phi) is 9.14. The fourth-order valence-electron chi connectivity index (χ4n) is 3.21. The fraction of sp³-hybridized carbons (Fsp3) is 0.391. The lowest BCUT2D eigenvalue weighted by Crippen LogP contribution is -2.38. The third-order valence-electron chi connectivity index (χ3n) is 5.04. The Labute approximate surface area is 196 Å². The first kappa shape index (κ1) is 24.0. The van der Waals surface area contributed by atoms with Crippen molar-refractivity contribution in [2.24, 2.45) is 0 Å². The smallest absolute Gasteiger partial charge is 0.228 e. The van der Waals surface area contributed by atoms with E-state index in [1.807, 2.05) is 30.3 Å². The van der Waals surface area contributed by atoms with Crippen molar-refractivity contribution in [1.82, 2.24) is 9.88 Å². The van der Waals surface area contributed by atoms with Crippen LogP contribution in [0.25, 0.3) is 10.2 Å². The Morgan fingerprint density at radius 3 is 2.55 bits per heavy atom. The number of fused-ring (bicyclic) bond motifs is 1. The summed E-state index contributed by atoms with van der Waals surface area (Å²) >= 11 is 9.01. The molecule has 0 saturated heterocycles. The summed E-state index contributed by atoms with van der Waals surface area (Å²) in [6, 6.07) is 12.6. The van der Waals surface area contributed by atoms with Crippen LogP contribution in [-0.2, 0) is 4.79 Å². The molecular weight excluding hydrogens is 453 g/mol. The number of amides is 1. The van der Waals surface area contributed by atoms with Gasteiger partial charge in [-0.3, -0.25) is 9.69 Å². The monoisotopic (exact) mass is 479 g/mol. The zero-order valence-electron chi connectivity index (χ0n) is 17.8. The molecule has 1 aromatic heterocycles. The zero-order valence-corrected chi connectivity index (χ0v) is 20.2. The SMILES string of the molecule is CCN(CC)CCN(C(=O)CCCSc1ccc(Cl)cc1)c1nc2c(F)cccc2s1. The van der Waals surface area contributed by atoms with Gasteiger partial charge in [-0.1, -0.05) is 42.9 Å². The van der Waals surface area contributed by atoms with Gasteiger partial charge in [0.15, 0.2) is 5.13 Å². The summed E-state index contributed by atoms with van der Waals surface area (Å²) < 4.78 is 14.9. The lowest BCUT2D eigenvalue weighted by molar-refractivity contribution is -0.118. The Bertz CT molecular complexity index is 992. The molecule has 0 fully saturated rings. The summed E-state index contributed by atoms with van der Waals surface area (Å²) in [5.41, 5.74) is 0.335. The minimum absolute atomic E-state index is 0.0309. The molecule has 1 amide bonds. The van der Waals surface area contributed by atoms with Crippen molar-refractivity contribution in [2.45, 2.75) is 31.6 Å². The number of nitrogens with zero attached hydrogens (tertiary/aromatic N) is 3. The normalized spacial score (nSPS) is 11.4. The van der Waals surface area contributed by atoms with Gasteiger partial charge in [0.1, 0.15) is 11.3 Å². The van der Waals surface area contributed by atoms with Crippen LogP contribution in [0.15, 0.2) is 47.4 Å². The molecule has 8 heteroatoms. The van der Waals surface area contributed by atoms with Gasteiger partial charge in [0.05, 0.1) is 4.70 Å². The van der Waals surface area contributed by atoms with Crippen molar-refractivity contribution in [3.8, 4) is 0 Å². The number of halogens is 2. The average molecular weight is 480 g/mol. The van der Waals surface area contributed by atoms with Gasteiger partial charge >= 0.3 is 0 Å². The van der Waals surface area contributed by atoms with Crippen LogP contribution in [0.5, 0.6) is 0 Å². The number of rotatable bonds is 11. The maximum Gasteiger partial charge on any atom is 0.228 e. The van der Waals surface area contributed by atoms with E-state index < -0.39 is 0 Å². The lowest BCUT2D eigenvalue weighted by atomic mass is 10.3. The van der Waals surface area contributed by atoms with Gasteiger partial charge < -0.3 is 4.90 Å². The fourth-order valence-corrected chi connectivity index (χ4v) is 5.21. The number of para-hydroxylation sites is 1. The van der Waals surface area contributed by atoms with Crippen LogP contribution in [0, 0.1) is 5.82 Å². The van der Waals surface area contributed by atoms with E-state index in [2.05, 4.69) is 23.7 Å². The number of carbonyl (C=O) groups excluding carboxylic acids is 1. The maximum atomic E-state index is 14.1. The molecule has 0 bridgehead atoms. The highest BCUT2D eigenvalue weighted by Crippen LogP contribution is 2.31. The van der Waals surface area contributed by atoms with Gasteiger partial charge in [0.25, 0.3) is 0 Å². The molecule has 0 saturated carbocycles. The molecule has 0 radical (unpaired) electrons. The highest BCUT2D eigenvalue weighted by atomic mass is 35.5. The van der Waals surface area contributed by atoms with Gasteiger partial charge in [-0.2, -0.15) is 0 Å². The molecule has 0 aliphatic rings. The second kappa shape index (κ2) is 11.8. The molecule has 3 aromatic rings. The molecular formula is C23H27ClFN3OS2. The first-order chi connectivity index (χ1) is 15.0. The minimum Gasteiger partial charge on any atom is -0.302 e. The average Bonchev–Trinajstić information content (AvgIpc) is 3.21. The number of hydrogen-bond acceptors (Lipinski definition) is 5. The van der Waals surface area contributed by atoms with Crippen LogP contribution in [0.4, 0.5) is 9.52 Å². The van der Waals surface area contributed by atoms with Crippen LogP contribution < -0.4 is 4.90 Å². The minimum atomic E-state index is -0.351. The molecule has 31 heavy (non-hydrogen) atoms. The molecule has 0 unspecified atom stereocenters. The highest BCUT2D eigenvalue weighted by molar-refractivity contribution is 7.99. The first-order valence-corrected chi connectivity index (χ1v) is 12.7. The summed E-state index contributed by atoms with van der Waals surface area (Å²) in [5, 5.41) is 1.29. The lowest BCUT2D eigenvalue weighted by Gasteiger charge is -2.24. The Morgan fingerprint density at radius 2 is 1.87 bits per heavy atom. The Hall–Kier alpha value is -1.67. The van der Waals surface area contributed by atoms with Crippen molar-refractivity contribution >= 4 is 56.0 Å². The van der Waals surface area contributed by atoms with E-state index in [0.29, 0.717) is 23.6 Å². The molecule has 0 N–H and O–H groups in total. The first-order valence-electron chi connectivity index (χ1n) is 10.5. The summed E-state index contributed by atoms with van der Waals surface area (Å²) in [6.45, 7) is 7.37. The van der Waals surface area contributed by atoms with Gasteiger partial charge in [0.2, 0.25) is 5.91 Å². The van der Waals surface area contributed by atoms with Crippen LogP contribution in [0.2, 0.25) is 5.02 Å². The zero-order chi connectivity index (χ0) is 22.2. The molecule has 0 aliphatic heterocycles. The second-order valence-electron chi connectivity index (χ2n) is 7.06. The van der Waals surface area contributed by atoms with E-state index >= 15 is 0 Å². The van der Waals surface area contributed by atoms with Crippen molar-refractivity contribution in [2.75, 3.05) is 36.8 Å². The quantitative estimate of drug-likeness (QED) is 0.237. The van der Waals surface area contributed by atoms with Crippen LogP contribution in [-0.4, -0.2) is 47.7 Å². The largest absolute Gasteiger partial charge is 0.302 e. The third-order valence-corrected chi connectivity index (χ3v) is 7.44. The van der Waals surface area contributed by atoms with Gasteiger partial charge in [-0.15, -0.1) is 11.8 Å². The second-order valence-corrected chi connectivity index (χ2v) is 9.68. The maximum absolute atomic E-state index is 14.1. The summed E-state index contributed by atoms with van der Waals surface area (Å²) in [4.78, 5) is 22.7. The van der Waals surface area contributed by atoms with Crippen LogP contribution in [0.1, 0.15) is 26.7 Å². The van der Waals surface area contributed by atoms with E-state index in [9.17, 15) is 9.18 Å². The number of benzene rings is 2. The van der Waals surface area contributed by atoms with Crippen molar-refractivity contribution < 1.29 is 9.18 Å². The predicted octanol–water partition coefficient (Wildman–Crippen LogP) is 6.34. The third kappa shape index (κ3) is 6.65. The topological polar surface area (TPSA) is 36.4 Å². The summed E-state index contributed by atoms with van der Waals surface area (Å²) in [7, 11) is 0. The van der Waals surface area contributed by atoms with E-state index in [-0.39, 0.29) is 11.7 Å². The number of thioether (sulfide) groups is 1. The van der Waals surface area contributed by atoms with Gasteiger partial charge in [-0.05, 0) is 61.7 Å². The number of carbonyl (C=O) groups is 1. The molecule has 4 nitrogen and oxygen atoms in total. The number of likely N-dealkylation sites (N-methyl/N-ethyl adjacent to an activating group) is 1. The number of hydrogen-bond donors (Lipinski definition) is 0. The van der Waals surface area contributed by atoms with Crippen molar-refractivity contribution in [1.29, 1.82) is 0 Å². The number of thiazole rings is 1. The number of anilines is 1. The van der Waals surface area contributed by atoms with Gasteiger partial charge in [-0.25, -0.2) is 9.37 Å². The summed E-state index contributed by atoms with van der Waals surface area (Å²) in [6.07, 6.45) is 1.18. The molecule has 0 spiro atoms. The highest BCUT2D eigenvalue weighted by Gasteiger charge is 2.21. The van der Waals surface area contributed by atoms with Gasteiger partial charge in [0, 0.05) is 29.4 Å². The molecule has 0 aliphatic carbocycles. The van der Waals surface area contributed by atoms with Crippen LogP contribution >= 0.6 is 34.7 Å². The van der Waals surface area contributed by atoms with E-state index in [1.54, 1.807) is 22.7 Å². The molecule has 3 rings (SSSR count). The molecule has 166 valence electrons. The Morgan fingerprint density at radius 1 is 1.13 bits per heavy atom. The Balaban J connectivity index is 1.66. The standard InChI is InChI=1S/C23H27ClFN3OS2/c1-3-27(4-2)14-15-28(23-26-22-19(25)7-5-8-20(22)31-23)21(29)9-6-16-30-18-12-10-17(24)11-13-18/h5,7-8,10-13H,3-4,6,9,14-16H2,1-2H3. The van der Waals surface area contributed by atoms with Crippen molar-refractivity contribution in [3.63, 3.8) is 0 Å². The van der Waals surface area contributed by atoms with Crippen molar-refractivity contribution in [3.05, 3.63) is 53.3 Å². The molecule has 0 atom stereocenters.